The standard InChI is InChI=1S/C30H25F3N6O5/c1-16-8-18(13-35-27(9-16)44-24-5-3-2-4-20(24)31)39-29(34)19(14-36-39)28(40)22-10-17-11-25(43-15-26(32)33)23(12-21(17)37-22)38-6-7-42-30(38)41/h2-5,9-14,26,37H,6-8,15,34H2,1H3. The monoisotopic (exact) mass is 606 g/mol. The number of cyclic esters (lactones) is 1. The number of nitrogens with zero attached hydrogens (tertiary/aromatic N) is 4. The minimum atomic E-state index is -2.73. The number of carbonyl (C=O) groups excluding carboxylic acids is 2. The molecule has 0 unspecified atom stereocenters. The smallest absolute Gasteiger partial charge is 0.414 e. The van der Waals surface area contributed by atoms with Gasteiger partial charge in [0.05, 0.1) is 41.6 Å². The Bertz CT molecular complexity index is 1880. The number of nitrogen functional groups attached to an aromatic ring is 1. The Hall–Kier alpha value is -5.53. The summed E-state index contributed by atoms with van der Waals surface area (Å²) in [6.45, 7) is 1.31. The molecule has 6 rings (SSSR count). The fraction of sp³-hybridized carbons (Fsp3) is 0.200. The SMILES string of the molecule is CC1=CC(Oc2ccccc2F)=NC=C(n2ncc(C(=O)c3cc4cc(OCC(F)F)c(N5CCOC5=O)cc4[nH]3)c2N)C1. The van der Waals surface area contributed by atoms with Gasteiger partial charge < -0.3 is 24.9 Å². The Morgan fingerprint density at radius 2 is 2.02 bits per heavy atom. The Kier molecular flexibility index (Phi) is 7.55. The molecule has 0 spiro atoms. The highest BCUT2D eigenvalue weighted by atomic mass is 19.3. The highest BCUT2D eigenvalue weighted by Crippen LogP contribution is 2.36. The topological polar surface area (TPSA) is 137 Å². The number of hydrogen-bond donors (Lipinski definition) is 2. The van der Waals surface area contributed by atoms with Crippen LogP contribution in [0.15, 0.2) is 71.5 Å². The van der Waals surface area contributed by atoms with Gasteiger partial charge in [0.15, 0.2) is 11.6 Å². The zero-order valence-electron chi connectivity index (χ0n) is 23.2. The first-order valence-corrected chi connectivity index (χ1v) is 13.4. The molecule has 2 aromatic carbocycles. The van der Waals surface area contributed by atoms with Crippen molar-refractivity contribution in [3.8, 4) is 11.5 Å². The van der Waals surface area contributed by atoms with Crippen molar-refractivity contribution in [1.29, 1.82) is 0 Å². The highest BCUT2D eigenvalue weighted by molar-refractivity contribution is 6.13. The van der Waals surface area contributed by atoms with E-state index in [0.29, 0.717) is 23.0 Å². The molecule has 14 heteroatoms. The van der Waals surface area contributed by atoms with E-state index in [4.69, 9.17) is 19.9 Å². The second-order valence-electron chi connectivity index (χ2n) is 10.0. The van der Waals surface area contributed by atoms with E-state index in [1.807, 2.05) is 6.92 Å². The maximum atomic E-state index is 14.1. The van der Waals surface area contributed by atoms with Crippen LogP contribution in [0.5, 0.6) is 11.5 Å². The molecule has 0 saturated carbocycles. The van der Waals surface area contributed by atoms with Crippen LogP contribution in [0.3, 0.4) is 0 Å². The number of allylic oxidation sites excluding steroid dienone is 2. The third-order valence-corrected chi connectivity index (χ3v) is 6.91. The van der Waals surface area contributed by atoms with Crippen molar-refractivity contribution in [3.63, 3.8) is 0 Å². The molecule has 2 aliphatic rings. The lowest BCUT2D eigenvalue weighted by atomic mass is 10.1. The number of nitrogens with two attached hydrogens (primary N) is 1. The van der Waals surface area contributed by atoms with E-state index >= 15 is 0 Å². The number of rotatable bonds is 8. The summed E-state index contributed by atoms with van der Waals surface area (Å²) in [6, 6.07) is 10.5. The van der Waals surface area contributed by atoms with E-state index < -0.39 is 30.7 Å². The molecule has 1 saturated heterocycles. The summed E-state index contributed by atoms with van der Waals surface area (Å²) in [5.74, 6) is -0.709. The molecule has 226 valence electrons. The number of ketones is 1. The molecule has 0 aliphatic carbocycles. The van der Waals surface area contributed by atoms with Gasteiger partial charge in [0.1, 0.15) is 24.8 Å². The molecule has 0 radical (unpaired) electrons. The van der Waals surface area contributed by atoms with Crippen molar-refractivity contribution in [2.45, 2.75) is 19.8 Å². The Balaban J connectivity index is 1.29. The fourth-order valence-corrected chi connectivity index (χ4v) is 4.86. The van der Waals surface area contributed by atoms with Crippen molar-refractivity contribution in [2.24, 2.45) is 4.99 Å². The van der Waals surface area contributed by atoms with Crippen LogP contribution in [-0.2, 0) is 4.74 Å². The molecule has 3 N–H and O–H groups in total. The number of amides is 1. The van der Waals surface area contributed by atoms with E-state index in [0.717, 1.165) is 5.57 Å². The number of benzene rings is 2. The number of aliphatic imine (C=N–C) groups is 1. The summed E-state index contributed by atoms with van der Waals surface area (Å²) in [4.78, 5) is 34.4. The zero-order chi connectivity index (χ0) is 31.0. The lowest BCUT2D eigenvalue weighted by molar-refractivity contribution is 0.0822. The largest absolute Gasteiger partial charge is 0.485 e. The molecule has 1 fully saturated rings. The minimum Gasteiger partial charge on any atom is -0.485 e. The average Bonchev–Trinajstić information content (AvgIpc) is 3.68. The van der Waals surface area contributed by atoms with Crippen molar-refractivity contribution in [1.82, 2.24) is 14.8 Å². The number of nitrogens with one attached hydrogen (secondary N) is 1. The van der Waals surface area contributed by atoms with Gasteiger partial charge in [-0.2, -0.15) is 5.10 Å². The predicted octanol–water partition coefficient (Wildman–Crippen LogP) is 5.54. The summed E-state index contributed by atoms with van der Waals surface area (Å²) in [5, 5.41) is 4.80. The molecular weight excluding hydrogens is 581 g/mol. The maximum Gasteiger partial charge on any atom is 0.414 e. The number of ether oxygens (including phenoxy) is 3. The van der Waals surface area contributed by atoms with Gasteiger partial charge in [0, 0.05) is 17.3 Å². The number of carbonyl (C=O) groups is 2. The first kappa shape index (κ1) is 28.6. The number of halogens is 3. The second kappa shape index (κ2) is 11.6. The molecule has 4 aromatic rings. The fourth-order valence-electron chi connectivity index (χ4n) is 4.86. The van der Waals surface area contributed by atoms with E-state index in [1.54, 1.807) is 18.2 Å². The average molecular weight is 607 g/mol. The van der Waals surface area contributed by atoms with E-state index in [1.165, 1.54) is 52.3 Å². The third-order valence-electron chi connectivity index (χ3n) is 6.91. The zero-order valence-corrected chi connectivity index (χ0v) is 23.2. The summed E-state index contributed by atoms with van der Waals surface area (Å²) in [7, 11) is 0. The number of aromatic nitrogens is 3. The molecule has 4 heterocycles. The molecule has 11 nitrogen and oxygen atoms in total. The number of para-hydroxylation sites is 1. The summed E-state index contributed by atoms with van der Waals surface area (Å²) in [6.07, 6.45) is 1.48. The van der Waals surface area contributed by atoms with Gasteiger partial charge in [-0.1, -0.05) is 17.7 Å². The van der Waals surface area contributed by atoms with Crippen LogP contribution in [0.25, 0.3) is 16.6 Å². The van der Waals surface area contributed by atoms with Crippen molar-refractivity contribution in [2.75, 3.05) is 30.4 Å². The van der Waals surface area contributed by atoms with Crippen LogP contribution in [0.2, 0.25) is 0 Å². The molecule has 2 aliphatic heterocycles. The number of hydrogen-bond acceptors (Lipinski definition) is 8. The van der Waals surface area contributed by atoms with Gasteiger partial charge in [0.2, 0.25) is 11.7 Å². The number of H-pyrrole nitrogens is 1. The number of alkyl halides is 2. The van der Waals surface area contributed by atoms with Gasteiger partial charge in [-0.25, -0.2) is 27.6 Å². The van der Waals surface area contributed by atoms with E-state index in [-0.39, 0.29) is 53.3 Å². The van der Waals surface area contributed by atoms with Crippen molar-refractivity contribution >= 4 is 45.9 Å². The van der Waals surface area contributed by atoms with Crippen LogP contribution >= 0.6 is 0 Å². The van der Waals surface area contributed by atoms with E-state index in [9.17, 15) is 22.8 Å². The number of anilines is 2. The molecule has 0 atom stereocenters. The van der Waals surface area contributed by atoms with Crippen LogP contribution in [-0.4, -0.2) is 58.7 Å². The Morgan fingerprint density at radius 1 is 1.20 bits per heavy atom. The maximum absolute atomic E-state index is 14.1. The third kappa shape index (κ3) is 5.61. The van der Waals surface area contributed by atoms with Crippen LogP contribution in [0.1, 0.15) is 29.4 Å². The number of fused-ring (bicyclic) bond motifs is 1. The lowest BCUT2D eigenvalue weighted by Gasteiger charge is -2.18. The summed E-state index contributed by atoms with van der Waals surface area (Å²) < 4.78 is 57.2. The molecule has 44 heavy (non-hydrogen) atoms. The van der Waals surface area contributed by atoms with E-state index in [2.05, 4.69) is 15.1 Å². The Labute approximate surface area is 248 Å². The Morgan fingerprint density at radius 3 is 2.77 bits per heavy atom. The van der Waals surface area contributed by atoms with Gasteiger partial charge in [-0.15, -0.1) is 0 Å². The predicted molar refractivity (Wildman–Crippen MR) is 156 cm³/mol. The quantitative estimate of drug-likeness (QED) is 0.251. The molecule has 2 aromatic heterocycles. The lowest BCUT2D eigenvalue weighted by Crippen LogP contribution is -2.24. The van der Waals surface area contributed by atoms with Gasteiger partial charge in [-0.05, 0) is 43.3 Å². The highest BCUT2D eigenvalue weighted by Gasteiger charge is 2.28. The summed E-state index contributed by atoms with van der Waals surface area (Å²) >= 11 is 0. The molecule has 0 bridgehead atoms. The van der Waals surface area contributed by atoms with Gasteiger partial charge in [0.25, 0.3) is 6.43 Å². The summed E-state index contributed by atoms with van der Waals surface area (Å²) in [5.41, 5.74) is 8.70. The minimum absolute atomic E-state index is 0.0251. The second-order valence-corrected chi connectivity index (χ2v) is 10.0. The van der Waals surface area contributed by atoms with Crippen molar-refractivity contribution in [3.05, 3.63) is 83.6 Å². The number of aromatic amines is 1. The van der Waals surface area contributed by atoms with Crippen LogP contribution < -0.4 is 20.1 Å². The molecular formula is C30H25F3N6O5. The van der Waals surface area contributed by atoms with Crippen LogP contribution in [0, 0.1) is 5.82 Å². The normalized spacial score (nSPS) is 15.2. The van der Waals surface area contributed by atoms with Gasteiger partial charge in [-0.3, -0.25) is 9.69 Å². The first-order chi connectivity index (χ1) is 21.2. The van der Waals surface area contributed by atoms with Gasteiger partial charge >= 0.3 is 6.09 Å². The molecule has 1 amide bonds. The van der Waals surface area contributed by atoms with Crippen molar-refractivity contribution < 1.29 is 37.0 Å². The van der Waals surface area contributed by atoms with Crippen LogP contribution in [0.4, 0.5) is 29.5 Å². The first-order valence-electron chi connectivity index (χ1n) is 13.4.